The summed E-state index contributed by atoms with van der Waals surface area (Å²) in [6.45, 7) is 0. The second-order valence-electron chi connectivity index (χ2n) is 12.9. The van der Waals surface area contributed by atoms with E-state index in [0.717, 1.165) is 44.6 Å². The summed E-state index contributed by atoms with van der Waals surface area (Å²) in [6, 6.07) is 67.3. The molecule has 0 bridgehead atoms. The standard InChI is InChI=1S/C48H31NOS/c1-2-11-32(12-3-1)33-23-25-34(26-24-33)36-13-8-14-38(31-36)49(43-19-10-21-45-47(43)42-16-4-6-20-44(42)50-45)37-29-27-35(28-30-37)39-17-9-18-41-40-15-5-7-22-46(40)51-48(39)41/h1-31H. The highest BCUT2D eigenvalue weighted by atomic mass is 32.1. The quantitative estimate of drug-likeness (QED) is 0.175. The maximum absolute atomic E-state index is 6.37. The fourth-order valence-corrected chi connectivity index (χ4v) is 8.68. The highest BCUT2D eigenvalue weighted by molar-refractivity contribution is 7.26. The lowest BCUT2D eigenvalue weighted by molar-refractivity contribution is 0.669. The van der Waals surface area contributed by atoms with E-state index in [1.807, 2.05) is 23.5 Å². The van der Waals surface area contributed by atoms with Crippen molar-refractivity contribution in [2.75, 3.05) is 4.90 Å². The summed E-state index contributed by atoms with van der Waals surface area (Å²) in [5, 5.41) is 4.83. The van der Waals surface area contributed by atoms with Crippen molar-refractivity contribution in [1.29, 1.82) is 0 Å². The molecule has 0 aliphatic carbocycles. The van der Waals surface area contributed by atoms with Crippen LogP contribution in [0.5, 0.6) is 0 Å². The molecule has 0 unspecified atom stereocenters. The average molecular weight is 670 g/mol. The van der Waals surface area contributed by atoms with Gasteiger partial charge in [-0.3, -0.25) is 0 Å². The zero-order valence-corrected chi connectivity index (χ0v) is 28.5. The van der Waals surface area contributed by atoms with E-state index in [1.54, 1.807) is 0 Å². The molecule has 8 aromatic carbocycles. The largest absolute Gasteiger partial charge is 0.456 e. The molecule has 0 fully saturated rings. The van der Waals surface area contributed by atoms with Crippen LogP contribution in [0.1, 0.15) is 0 Å². The third-order valence-corrected chi connectivity index (χ3v) is 11.1. The number of furan rings is 1. The molecule has 240 valence electrons. The Kier molecular flexibility index (Phi) is 7.04. The van der Waals surface area contributed by atoms with E-state index in [4.69, 9.17) is 4.42 Å². The predicted octanol–water partition coefficient (Wildman–Crippen LogP) is 14.4. The molecule has 0 atom stereocenters. The van der Waals surface area contributed by atoms with E-state index in [0.29, 0.717) is 0 Å². The Morgan fingerprint density at radius 2 is 1.00 bits per heavy atom. The van der Waals surface area contributed by atoms with Crippen molar-refractivity contribution in [1.82, 2.24) is 0 Å². The number of hydrogen-bond acceptors (Lipinski definition) is 3. The molecule has 2 nitrogen and oxygen atoms in total. The molecule has 10 rings (SSSR count). The minimum absolute atomic E-state index is 0.874. The summed E-state index contributed by atoms with van der Waals surface area (Å²) in [7, 11) is 0. The number of anilines is 3. The second-order valence-corrected chi connectivity index (χ2v) is 14.0. The van der Waals surface area contributed by atoms with Crippen molar-refractivity contribution in [3.05, 3.63) is 188 Å². The van der Waals surface area contributed by atoms with Crippen molar-refractivity contribution in [2.24, 2.45) is 0 Å². The summed E-state index contributed by atoms with van der Waals surface area (Å²) in [4.78, 5) is 2.37. The van der Waals surface area contributed by atoms with Crippen LogP contribution < -0.4 is 4.90 Å². The zero-order chi connectivity index (χ0) is 33.7. The molecule has 0 saturated heterocycles. The lowest BCUT2D eigenvalue weighted by Gasteiger charge is -2.27. The number of benzene rings is 8. The number of nitrogens with zero attached hydrogens (tertiary/aromatic N) is 1. The third kappa shape index (κ3) is 5.10. The smallest absolute Gasteiger partial charge is 0.137 e. The maximum atomic E-state index is 6.37. The van der Waals surface area contributed by atoms with Crippen molar-refractivity contribution in [3.8, 4) is 33.4 Å². The van der Waals surface area contributed by atoms with Gasteiger partial charge in [0.05, 0.1) is 11.1 Å². The molecule has 0 N–H and O–H groups in total. The maximum Gasteiger partial charge on any atom is 0.137 e. The molecule has 2 heterocycles. The van der Waals surface area contributed by atoms with Crippen molar-refractivity contribution >= 4 is 70.5 Å². The van der Waals surface area contributed by atoms with E-state index in [-0.39, 0.29) is 0 Å². The molecule has 2 aromatic heterocycles. The number of thiophene rings is 1. The monoisotopic (exact) mass is 669 g/mol. The van der Waals surface area contributed by atoms with E-state index in [1.165, 1.54) is 48.0 Å². The van der Waals surface area contributed by atoms with E-state index >= 15 is 0 Å². The molecule has 3 heteroatoms. The summed E-state index contributed by atoms with van der Waals surface area (Å²) in [6.07, 6.45) is 0. The van der Waals surface area contributed by atoms with Crippen LogP contribution >= 0.6 is 11.3 Å². The summed E-state index contributed by atoms with van der Waals surface area (Å²) in [5.74, 6) is 0. The predicted molar refractivity (Wildman–Crippen MR) is 218 cm³/mol. The van der Waals surface area contributed by atoms with Crippen LogP contribution in [0.15, 0.2) is 192 Å². The van der Waals surface area contributed by atoms with Gasteiger partial charge in [0.15, 0.2) is 0 Å². The van der Waals surface area contributed by atoms with Gasteiger partial charge in [-0.25, -0.2) is 0 Å². The Morgan fingerprint density at radius 1 is 0.392 bits per heavy atom. The van der Waals surface area contributed by atoms with Gasteiger partial charge in [-0.1, -0.05) is 140 Å². The summed E-state index contributed by atoms with van der Waals surface area (Å²) in [5.41, 5.74) is 12.2. The highest BCUT2D eigenvalue weighted by Gasteiger charge is 2.20. The van der Waals surface area contributed by atoms with Gasteiger partial charge in [-0.05, 0) is 81.9 Å². The lowest BCUT2D eigenvalue weighted by Crippen LogP contribution is -2.10. The number of rotatable bonds is 6. The first-order chi connectivity index (χ1) is 25.3. The highest BCUT2D eigenvalue weighted by Crippen LogP contribution is 2.45. The van der Waals surface area contributed by atoms with E-state index in [2.05, 4.69) is 181 Å². The first-order valence-corrected chi connectivity index (χ1v) is 18.1. The van der Waals surface area contributed by atoms with Crippen LogP contribution in [-0.2, 0) is 0 Å². The third-order valence-electron chi connectivity index (χ3n) is 9.89. The van der Waals surface area contributed by atoms with Crippen LogP contribution in [0, 0.1) is 0 Å². The lowest BCUT2D eigenvalue weighted by atomic mass is 9.99. The van der Waals surface area contributed by atoms with Crippen molar-refractivity contribution < 1.29 is 4.42 Å². The molecule has 0 spiro atoms. The molecule has 0 amide bonds. The second kappa shape index (κ2) is 12.2. The molecule has 0 radical (unpaired) electrons. The molecular formula is C48H31NOS. The Hall–Kier alpha value is -6.42. The van der Waals surface area contributed by atoms with Crippen molar-refractivity contribution in [2.45, 2.75) is 0 Å². The van der Waals surface area contributed by atoms with E-state index < -0.39 is 0 Å². The number of para-hydroxylation sites is 1. The van der Waals surface area contributed by atoms with Crippen LogP contribution in [0.2, 0.25) is 0 Å². The molecule has 0 saturated carbocycles. The molecule has 51 heavy (non-hydrogen) atoms. The Morgan fingerprint density at radius 3 is 1.84 bits per heavy atom. The molecule has 0 aliphatic rings. The summed E-state index contributed by atoms with van der Waals surface area (Å²) >= 11 is 1.87. The first kappa shape index (κ1) is 29.5. The minimum atomic E-state index is 0.874. The Labute approximate surface area is 300 Å². The number of fused-ring (bicyclic) bond motifs is 6. The first-order valence-electron chi connectivity index (χ1n) is 17.3. The normalized spacial score (nSPS) is 11.5. The van der Waals surface area contributed by atoms with Gasteiger partial charge >= 0.3 is 0 Å². The van der Waals surface area contributed by atoms with E-state index in [9.17, 15) is 0 Å². The van der Waals surface area contributed by atoms with Crippen LogP contribution in [0.4, 0.5) is 17.1 Å². The summed E-state index contributed by atoms with van der Waals surface area (Å²) < 4.78 is 9.01. The van der Waals surface area contributed by atoms with Crippen LogP contribution in [-0.4, -0.2) is 0 Å². The van der Waals surface area contributed by atoms with Gasteiger partial charge in [0.1, 0.15) is 11.2 Å². The topological polar surface area (TPSA) is 16.4 Å². The molecular weight excluding hydrogens is 639 g/mol. The van der Waals surface area contributed by atoms with Gasteiger partial charge in [0.2, 0.25) is 0 Å². The Bertz CT molecular complexity index is 2850. The zero-order valence-electron chi connectivity index (χ0n) is 27.7. The van der Waals surface area contributed by atoms with Gasteiger partial charge in [-0.15, -0.1) is 11.3 Å². The van der Waals surface area contributed by atoms with Gasteiger partial charge < -0.3 is 9.32 Å². The van der Waals surface area contributed by atoms with Crippen molar-refractivity contribution in [3.63, 3.8) is 0 Å². The van der Waals surface area contributed by atoms with Gasteiger partial charge in [0, 0.05) is 36.9 Å². The van der Waals surface area contributed by atoms with Crippen LogP contribution in [0.25, 0.3) is 75.5 Å². The molecule has 0 aliphatic heterocycles. The van der Waals surface area contributed by atoms with Gasteiger partial charge in [-0.2, -0.15) is 0 Å². The SMILES string of the molecule is c1ccc(-c2ccc(-c3cccc(N(c4ccc(-c5cccc6c5sc5ccccc56)cc4)c4cccc5oc6ccccc6c45)c3)cc2)cc1. The van der Waals surface area contributed by atoms with Gasteiger partial charge in [0.25, 0.3) is 0 Å². The Balaban J connectivity index is 1.11. The molecule has 10 aromatic rings. The number of hydrogen-bond donors (Lipinski definition) is 0. The fourth-order valence-electron chi connectivity index (χ4n) is 7.44. The average Bonchev–Trinajstić information content (AvgIpc) is 3.78. The fraction of sp³-hybridized carbons (Fsp3) is 0. The minimum Gasteiger partial charge on any atom is -0.456 e. The van der Waals surface area contributed by atoms with Crippen LogP contribution in [0.3, 0.4) is 0 Å².